The normalized spacial score (nSPS) is 17.4. The Bertz CT molecular complexity index is 1200. The van der Waals surface area contributed by atoms with Gasteiger partial charge < -0.3 is 10.3 Å². The monoisotopic (exact) mass is 369 g/mol. The maximum atomic E-state index is 11.9. The number of anilines is 1. The van der Waals surface area contributed by atoms with Gasteiger partial charge in [-0.15, -0.1) is 0 Å². The van der Waals surface area contributed by atoms with Crippen LogP contribution in [0, 0.1) is 0 Å². The van der Waals surface area contributed by atoms with E-state index in [1.807, 2.05) is 18.2 Å². The van der Waals surface area contributed by atoms with E-state index in [4.69, 9.17) is 0 Å². The molecule has 3 aromatic carbocycles. The molecule has 2 N–H and O–H groups in total. The van der Waals surface area contributed by atoms with Crippen LogP contribution in [0.25, 0.3) is 21.5 Å². The lowest BCUT2D eigenvalue weighted by Crippen LogP contribution is -2.26. The maximum absolute atomic E-state index is 11.9. The van der Waals surface area contributed by atoms with Gasteiger partial charge in [-0.25, -0.2) is 0 Å². The summed E-state index contributed by atoms with van der Waals surface area (Å²) >= 11 is 0. The van der Waals surface area contributed by atoms with E-state index in [1.54, 1.807) is 6.20 Å². The fourth-order valence-corrected chi connectivity index (χ4v) is 4.21. The van der Waals surface area contributed by atoms with Crippen molar-refractivity contribution in [2.75, 3.05) is 18.4 Å². The molecule has 1 saturated heterocycles. The summed E-state index contributed by atoms with van der Waals surface area (Å²) in [4.78, 5) is 17.1. The average Bonchev–Trinajstić information content (AvgIpc) is 3.15. The zero-order chi connectivity index (χ0) is 18.9. The number of hydrogen-bond donors (Lipinski definition) is 2. The highest BCUT2D eigenvalue weighted by Crippen LogP contribution is 2.22. The molecule has 1 fully saturated rings. The lowest BCUT2D eigenvalue weighted by Gasteiger charge is -2.18. The molecule has 0 radical (unpaired) electrons. The van der Waals surface area contributed by atoms with E-state index in [-0.39, 0.29) is 5.56 Å². The molecule has 4 aromatic rings. The molecule has 1 aromatic heterocycles. The van der Waals surface area contributed by atoms with Gasteiger partial charge in [0.25, 0.3) is 5.56 Å². The van der Waals surface area contributed by atoms with Gasteiger partial charge in [0.05, 0.1) is 0 Å². The average molecular weight is 369 g/mol. The van der Waals surface area contributed by atoms with Crippen molar-refractivity contribution in [1.82, 2.24) is 9.88 Å². The largest absolute Gasteiger partial charge is 0.381 e. The second kappa shape index (κ2) is 7.13. The summed E-state index contributed by atoms with van der Waals surface area (Å²) in [6, 6.07) is 23.6. The van der Waals surface area contributed by atoms with Crippen LogP contribution in [-0.4, -0.2) is 29.0 Å². The minimum atomic E-state index is -0.0357. The number of aromatic nitrogens is 1. The molecule has 5 rings (SSSR count). The molecule has 1 aliphatic rings. The van der Waals surface area contributed by atoms with E-state index >= 15 is 0 Å². The third-order valence-corrected chi connectivity index (χ3v) is 5.64. The topological polar surface area (TPSA) is 48.1 Å². The molecule has 0 saturated carbocycles. The van der Waals surface area contributed by atoms with Crippen molar-refractivity contribution in [3.8, 4) is 0 Å². The standard InChI is InChI=1S/C24H23N3O/c28-24-23-8-7-21(14-20(23)9-11-25-24)26-22-10-12-27(16-22)15-17-5-6-18-3-1-2-4-19(18)13-17/h1-9,11,13-14,22,26H,10,12,15-16H2,(H,25,28). The van der Waals surface area contributed by atoms with Crippen LogP contribution < -0.4 is 10.9 Å². The number of benzene rings is 3. The van der Waals surface area contributed by atoms with Crippen molar-refractivity contribution in [2.45, 2.75) is 19.0 Å². The van der Waals surface area contributed by atoms with Crippen LogP contribution >= 0.6 is 0 Å². The Balaban J connectivity index is 1.26. The Morgan fingerprint density at radius 2 is 1.86 bits per heavy atom. The van der Waals surface area contributed by atoms with Crippen LogP contribution in [0.1, 0.15) is 12.0 Å². The third kappa shape index (κ3) is 3.39. The number of pyridine rings is 1. The smallest absolute Gasteiger partial charge is 0.255 e. The summed E-state index contributed by atoms with van der Waals surface area (Å²) in [5, 5.41) is 7.95. The molecule has 0 amide bonds. The second-order valence-corrected chi connectivity index (χ2v) is 7.66. The molecular formula is C24H23N3O. The highest BCUT2D eigenvalue weighted by molar-refractivity contribution is 5.85. The Morgan fingerprint density at radius 3 is 2.79 bits per heavy atom. The van der Waals surface area contributed by atoms with Gasteiger partial charge in [-0.2, -0.15) is 0 Å². The number of nitrogens with zero attached hydrogens (tertiary/aromatic N) is 1. The van der Waals surface area contributed by atoms with Crippen LogP contribution in [0.3, 0.4) is 0 Å². The number of likely N-dealkylation sites (tertiary alicyclic amines) is 1. The maximum Gasteiger partial charge on any atom is 0.255 e. The molecule has 4 nitrogen and oxygen atoms in total. The first-order valence-electron chi connectivity index (χ1n) is 9.83. The van der Waals surface area contributed by atoms with Gasteiger partial charge in [0, 0.05) is 42.9 Å². The Hall–Kier alpha value is -3.11. The van der Waals surface area contributed by atoms with Gasteiger partial charge in [0.2, 0.25) is 0 Å². The zero-order valence-electron chi connectivity index (χ0n) is 15.7. The molecule has 140 valence electrons. The van der Waals surface area contributed by atoms with Crippen LogP contribution in [0.5, 0.6) is 0 Å². The molecular weight excluding hydrogens is 346 g/mol. The summed E-state index contributed by atoms with van der Waals surface area (Å²) in [6.07, 6.45) is 2.83. The fraction of sp³-hybridized carbons (Fsp3) is 0.208. The first kappa shape index (κ1) is 17.0. The minimum Gasteiger partial charge on any atom is -0.381 e. The number of fused-ring (bicyclic) bond motifs is 2. The number of rotatable bonds is 4. The van der Waals surface area contributed by atoms with Crippen LogP contribution in [0.4, 0.5) is 5.69 Å². The van der Waals surface area contributed by atoms with Gasteiger partial charge in [0.15, 0.2) is 0 Å². The van der Waals surface area contributed by atoms with E-state index in [2.05, 4.69) is 63.7 Å². The van der Waals surface area contributed by atoms with Gasteiger partial charge in [-0.3, -0.25) is 9.69 Å². The van der Waals surface area contributed by atoms with E-state index in [0.29, 0.717) is 6.04 Å². The molecule has 28 heavy (non-hydrogen) atoms. The van der Waals surface area contributed by atoms with E-state index in [9.17, 15) is 4.79 Å². The first-order valence-corrected chi connectivity index (χ1v) is 9.83. The molecule has 1 aliphatic heterocycles. The van der Waals surface area contributed by atoms with E-state index in [0.717, 1.165) is 42.5 Å². The van der Waals surface area contributed by atoms with Crippen molar-refractivity contribution in [2.24, 2.45) is 0 Å². The predicted octanol–water partition coefficient (Wildman–Crippen LogP) is 4.37. The van der Waals surface area contributed by atoms with Gasteiger partial charge in [0.1, 0.15) is 0 Å². The van der Waals surface area contributed by atoms with Crippen LogP contribution in [0.15, 0.2) is 77.7 Å². The van der Waals surface area contributed by atoms with Crippen molar-refractivity contribution in [3.63, 3.8) is 0 Å². The van der Waals surface area contributed by atoms with Crippen molar-refractivity contribution in [3.05, 3.63) is 88.8 Å². The van der Waals surface area contributed by atoms with Crippen LogP contribution in [0.2, 0.25) is 0 Å². The van der Waals surface area contributed by atoms with Crippen molar-refractivity contribution >= 4 is 27.2 Å². The second-order valence-electron chi connectivity index (χ2n) is 7.66. The number of aromatic amines is 1. The van der Waals surface area contributed by atoms with Gasteiger partial charge in [-0.1, -0.05) is 36.4 Å². The summed E-state index contributed by atoms with van der Waals surface area (Å²) in [5.74, 6) is 0. The number of H-pyrrole nitrogens is 1. The molecule has 0 aliphatic carbocycles. The Kier molecular flexibility index (Phi) is 4.34. The van der Waals surface area contributed by atoms with Gasteiger partial charge >= 0.3 is 0 Å². The number of nitrogens with one attached hydrogen (secondary N) is 2. The molecule has 0 spiro atoms. The SMILES string of the molecule is O=c1[nH]ccc2cc(NC3CCN(Cc4ccc5ccccc5c4)C3)ccc12. The molecule has 1 atom stereocenters. The molecule has 2 heterocycles. The van der Waals surface area contributed by atoms with E-state index in [1.165, 1.54) is 16.3 Å². The minimum absolute atomic E-state index is 0.0357. The van der Waals surface area contributed by atoms with Crippen LogP contribution in [-0.2, 0) is 6.54 Å². The summed E-state index contributed by atoms with van der Waals surface area (Å²) in [5.41, 5.74) is 2.41. The first-order chi connectivity index (χ1) is 13.7. The lowest BCUT2D eigenvalue weighted by atomic mass is 10.1. The quantitative estimate of drug-likeness (QED) is 0.562. The fourth-order valence-electron chi connectivity index (χ4n) is 4.21. The van der Waals surface area contributed by atoms with Crippen molar-refractivity contribution in [1.29, 1.82) is 0 Å². The highest BCUT2D eigenvalue weighted by atomic mass is 16.1. The lowest BCUT2D eigenvalue weighted by molar-refractivity contribution is 0.329. The molecule has 0 bridgehead atoms. The Labute approximate surface area is 163 Å². The number of hydrogen-bond acceptors (Lipinski definition) is 3. The highest BCUT2D eigenvalue weighted by Gasteiger charge is 2.22. The van der Waals surface area contributed by atoms with Crippen molar-refractivity contribution < 1.29 is 0 Å². The summed E-state index contributed by atoms with van der Waals surface area (Å²) in [7, 11) is 0. The van der Waals surface area contributed by atoms with E-state index < -0.39 is 0 Å². The molecule has 1 unspecified atom stereocenters. The summed E-state index contributed by atoms with van der Waals surface area (Å²) in [6.45, 7) is 3.11. The predicted molar refractivity (Wildman–Crippen MR) is 116 cm³/mol. The Morgan fingerprint density at radius 1 is 0.964 bits per heavy atom. The van der Waals surface area contributed by atoms with Gasteiger partial charge in [-0.05, 0) is 58.5 Å². The third-order valence-electron chi connectivity index (χ3n) is 5.64. The zero-order valence-corrected chi connectivity index (χ0v) is 15.7. The summed E-state index contributed by atoms with van der Waals surface area (Å²) < 4.78 is 0. The molecule has 4 heteroatoms.